The first-order valence-corrected chi connectivity index (χ1v) is 9.15. The van der Waals surface area contributed by atoms with Gasteiger partial charge in [-0.25, -0.2) is 4.68 Å². The molecule has 0 saturated carbocycles. The van der Waals surface area contributed by atoms with Gasteiger partial charge in [0.25, 0.3) is 0 Å². The van der Waals surface area contributed by atoms with Crippen molar-refractivity contribution in [3.8, 4) is 5.69 Å². The number of aryl methyl sites for hydroxylation is 2. The summed E-state index contributed by atoms with van der Waals surface area (Å²) in [6, 6.07) is 10.5. The number of hydrogen-bond donors (Lipinski definition) is 1. The van der Waals surface area contributed by atoms with Crippen molar-refractivity contribution in [2.45, 2.75) is 40.2 Å². The molecule has 25 heavy (non-hydrogen) atoms. The Hall–Kier alpha value is -2.30. The standard InChI is InChI=1S/C20H29N5/c1-15-8-7-11-24(14-15)20(21-4)22-13-18-9-5-6-10-19(18)25-17(3)12-16(2)23-25/h5-6,9-10,12,15H,7-8,11,13-14H2,1-4H3,(H,21,22). The zero-order valence-electron chi connectivity index (χ0n) is 15.8. The molecule has 1 aromatic carbocycles. The SMILES string of the molecule is CN=C(NCc1ccccc1-n1nc(C)cc1C)N1CCCC(C)C1. The second-order valence-corrected chi connectivity index (χ2v) is 7.06. The number of aliphatic imine (C=N–C) groups is 1. The summed E-state index contributed by atoms with van der Waals surface area (Å²) in [7, 11) is 1.87. The van der Waals surface area contributed by atoms with Crippen LogP contribution in [0.1, 0.15) is 36.7 Å². The highest BCUT2D eigenvalue weighted by atomic mass is 15.3. The number of guanidine groups is 1. The third-order valence-corrected chi connectivity index (χ3v) is 4.83. The van der Waals surface area contributed by atoms with Gasteiger partial charge in [-0.1, -0.05) is 25.1 Å². The molecule has 3 rings (SSSR count). The van der Waals surface area contributed by atoms with Gasteiger partial charge in [-0.2, -0.15) is 5.10 Å². The second-order valence-electron chi connectivity index (χ2n) is 7.06. The number of hydrogen-bond acceptors (Lipinski definition) is 2. The third kappa shape index (κ3) is 4.03. The summed E-state index contributed by atoms with van der Waals surface area (Å²) < 4.78 is 2.03. The monoisotopic (exact) mass is 339 g/mol. The summed E-state index contributed by atoms with van der Waals surface area (Å²) in [6.45, 7) is 9.35. The molecule has 1 unspecified atom stereocenters. The number of para-hydroxylation sites is 1. The van der Waals surface area contributed by atoms with Crippen LogP contribution >= 0.6 is 0 Å². The predicted molar refractivity (Wildman–Crippen MR) is 103 cm³/mol. The number of aromatic nitrogens is 2. The van der Waals surface area contributed by atoms with Gasteiger partial charge in [0, 0.05) is 32.4 Å². The first-order valence-electron chi connectivity index (χ1n) is 9.15. The van der Waals surface area contributed by atoms with Crippen LogP contribution in [-0.2, 0) is 6.54 Å². The predicted octanol–water partition coefficient (Wildman–Crippen LogP) is 3.30. The molecule has 1 aliphatic rings. The minimum atomic E-state index is 0.731. The zero-order chi connectivity index (χ0) is 17.8. The van der Waals surface area contributed by atoms with E-state index in [0.29, 0.717) is 0 Å². The highest BCUT2D eigenvalue weighted by Crippen LogP contribution is 2.18. The topological polar surface area (TPSA) is 45.5 Å². The Morgan fingerprint density at radius 2 is 2.12 bits per heavy atom. The molecule has 134 valence electrons. The molecule has 2 aromatic rings. The Morgan fingerprint density at radius 1 is 1.32 bits per heavy atom. The molecule has 2 heterocycles. The lowest BCUT2D eigenvalue weighted by atomic mass is 10.0. The highest BCUT2D eigenvalue weighted by molar-refractivity contribution is 5.80. The van der Waals surface area contributed by atoms with Gasteiger partial charge in [0.1, 0.15) is 0 Å². The number of piperidine rings is 1. The molecule has 1 saturated heterocycles. The average molecular weight is 339 g/mol. The fraction of sp³-hybridized carbons (Fsp3) is 0.500. The van der Waals surface area contributed by atoms with Gasteiger partial charge in [-0.15, -0.1) is 0 Å². The fourth-order valence-electron chi connectivity index (χ4n) is 3.63. The summed E-state index contributed by atoms with van der Waals surface area (Å²) in [5.74, 6) is 1.73. The van der Waals surface area contributed by atoms with Crippen molar-refractivity contribution in [2.75, 3.05) is 20.1 Å². The maximum atomic E-state index is 4.64. The minimum Gasteiger partial charge on any atom is -0.352 e. The van der Waals surface area contributed by atoms with Gasteiger partial charge in [0.05, 0.1) is 11.4 Å². The molecule has 0 aliphatic carbocycles. The molecular formula is C20H29N5. The van der Waals surface area contributed by atoms with Crippen LogP contribution in [0.4, 0.5) is 0 Å². The van der Waals surface area contributed by atoms with E-state index in [1.165, 1.54) is 18.4 Å². The number of nitrogens with one attached hydrogen (secondary N) is 1. The van der Waals surface area contributed by atoms with Crippen molar-refractivity contribution in [1.29, 1.82) is 0 Å². The molecule has 1 fully saturated rings. The van der Waals surface area contributed by atoms with Crippen molar-refractivity contribution in [1.82, 2.24) is 20.0 Å². The van der Waals surface area contributed by atoms with Gasteiger partial charge < -0.3 is 10.2 Å². The molecule has 1 aliphatic heterocycles. The molecule has 5 heteroatoms. The van der Waals surface area contributed by atoms with E-state index >= 15 is 0 Å². The van der Waals surface area contributed by atoms with E-state index in [0.717, 1.165) is 48.6 Å². The normalized spacial score (nSPS) is 18.5. The van der Waals surface area contributed by atoms with Crippen LogP contribution in [0.3, 0.4) is 0 Å². The lowest BCUT2D eigenvalue weighted by Crippen LogP contribution is -2.46. The molecule has 5 nitrogen and oxygen atoms in total. The Balaban J connectivity index is 1.76. The first kappa shape index (κ1) is 17.5. The van der Waals surface area contributed by atoms with E-state index in [4.69, 9.17) is 0 Å². The van der Waals surface area contributed by atoms with Crippen LogP contribution < -0.4 is 5.32 Å². The Labute approximate surface area is 150 Å². The van der Waals surface area contributed by atoms with Crippen molar-refractivity contribution < 1.29 is 0 Å². The highest BCUT2D eigenvalue weighted by Gasteiger charge is 2.19. The average Bonchev–Trinajstić information content (AvgIpc) is 2.94. The molecule has 0 amide bonds. The van der Waals surface area contributed by atoms with Crippen LogP contribution in [0.5, 0.6) is 0 Å². The smallest absolute Gasteiger partial charge is 0.193 e. The maximum absolute atomic E-state index is 4.64. The minimum absolute atomic E-state index is 0.731. The Morgan fingerprint density at radius 3 is 2.80 bits per heavy atom. The first-order chi connectivity index (χ1) is 12.1. The zero-order valence-corrected chi connectivity index (χ0v) is 15.8. The molecule has 0 spiro atoms. The van der Waals surface area contributed by atoms with Crippen LogP contribution in [-0.4, -0.2) is 40.8 Å². The van der Waals surface area contributed by atoms with Gasteiger partial charge in [0.15, 0.2) is 5.96 Å². The summed E-state index contributed by atoms with van der Waals surface area (Å²) in [5.41, 5.74) is 4.54. The van der Waals surface area contributed by atoms with E-state index in [-0.39, 0.29) is 0 Å². The van der Waals surface area contributed by atoms with Crippen LogP contribution in [0.2, 0.25) is 0 Å². The quantitative estimate of drug-likeness (QED) is 0.689. The maximum Gasteiger partial charge on any atom is 0.193 e. The summed E-state index contributed by atoms with van der Waals surface area (Å²) in [4.78, 5) is 6.87. The van der Waals surface area contributed by atoms with Crippen molar-refractivity contribution in [2.24, 2.45) is 10.9 Å². The van der Waals surface area contributed by atoms with Crippen LogP contribution in [0.15, 0.2) is 35.3 Å². The molecule has 0 radical (unpaired) electrons. The number of nitrogens with zero attached hydrogens (tertiary/aromatic N) is 4. The van der Waals surface area contributed by atoms with E-state index in [2.05, 4.69) is 64.5 Å². The third-order valence-electron chi connectivity index (χ3n) is 4.83. The second kappa shape index (κ2) is 7.72. The van der Waals surface area contributed by atoms with E-state index in [9.17, 15) is 0 Å². The lowest BCUT2D eigenvalue weighted by molar-refractivity contribution is 0.266. The molecule has 0 bridgehead atoms. The summed E-state index contributed by atoms with van der Waals surface area (Å²) in [5, 5.41) is 8.18. The number of likely N-dealkylation sites (tertiary alicyclic amines) is 1. The van der Waals surface area contributed by atoms with Gasteiger partial charge in [0.2, 0.25) is 0 Å². The summed E-state index contributed by atoms with van der Waals surface area (Å²) >= 11 is 0. The molecule has 1 atom stereocenters. The van der Waals surface area contributed by atoms with E-state index < -0.39 is 0 Å². The van der Waals surface area contributed by atoms with Gasteiger partial charge in [-0.05, 0) is 50.3 Å². The summed E-state index contributed by atoms with van der Waals surface area (Å²) in [6.07, 6.45) is 2.55. The molecule has 1 aromatic heterocycles. The van der Waals surface area contributed by atoms with E-state index in [1.54, 1.807) is 0 Å². The molecule has 1 N–H and O–H groups in total. The van der Waals surface area contributed by atoms with Crippen LogP contribution in [0, 0.1) is 19.8 Å². The number of rotatable bonds is 3. The van der Waals surface area contributed by atoms with Crippen molar-refractivity contribution in [3.05, 3.63) is 47.3 Å². The Bertz CT molecular complexity index is 746. The number of benzene rings is 1. The van der Waals surface area contributed by atoms with Gasteiger partial charge >= 0.3 is 0 Å². The fourth-order valence-corrected chi connectivity index (χ4v) is 3.63. The molecular weight excluding hydrogens is 310 g/mol. The van der Waals surface area contributed by atoms with Crippen molar-refractivity contribution in [3.63, 3.8) is 0 Å². The van der Waals surface area contributed by atoms with Gasteiger partial charge in [-0.3, -0.25) is 4.99 Å². The Kier molecular flexibility index (Phi) is 5.41. The lowest BCUT2D eigenvalue weighted by Gasteiger charge is -2.33. The van der Waals surface area contributed by atoms with Crippen LogP contribution in [0.25, 0.3) is 5.69 Å². The van der Waals surface area contributed by atoms with E-state index in [1.807, 2.05) is 18.7 Å². The van der Waals surface area contributed by atoms with Crippen molar-refractivity contribution >= 4 is 5.96 Å². The largest absolute Gasteiger partial charge is 0.352 e.